The average Bonchev–Trinajstić information content (AvgIpc) is 3.14. The van der Waals surface area contributed by atoms with E-state index in [1.807, 2.05) is 24.3 Å². The minimum atomic E-state index is -0.486. The summed E-state index contributed by atoms with van der Waals surface area (Å²) in [5.74, 6) is 1.14. The molecule has 2 heterocycles. The second-order valence-electron chi connectivity index (χ2n) is 7.96. The first-order valence-electron chi connectivity index (χ1n) is 9.56. The van der Waals surface area contributed by atoms with Crippen LogP contribution in [0.5, 0.6) is 5.75 Å². The number of hydrogen-bond acceptors (Lipinski definition) is 8. The van der Waals surface area contributed by atoms with Crippen LogP contribution >= 0.6 is 0 Å². The highest BCUT2D eigenvalue weighted by atomic mass is 16.6. The molecule has 0 atom stereocenters. The van der Waals surface area contributed by atoms with Gasteiger partial charge in [-0.25, -0.2) is 19.4 Å². The maximum Gasteiger partial charge on any atom is 0.344 e. The molecule has 3 rings (SSSR count). The van der Waals surface area contributed by atoms with Gasteiger partial charge in [0.05, 0.1) is 12.7 Å². The third-order valence-corrected chi connectivity index (χ3v) is 4.39. The lowest BCUT2D eigenvalue weighted by Gasteiger charge is -2.19. The van der Waals surface area contributed by atoms with Gasteiger partial charge in [0.25, 0.3) is 0 Å². The zero-order valence-electron chi connectivity index (χ0n) is 17.6. The van der Waals surface area contributed by atoms with Crippen molar-refractivity contribution in [3.8, 4) is 5.75 Å². The van der Waals surface area contributed by atoms with E-state index in [4.69, 9.17) is 15.2 Å². The van der Waals surface area contributed by atoms with Crippen LogP contribution in [0.2, 0.25) is 0 Å². The Morgan fingerprint density at radius 3 is 2.60 bits per heavy atom. The summed E-state index contributed by atoms with van der Waals surface area (Å²) in [6.45, 7) is 8.39. The van der Waals surface area contributed by atoms with Crippen molar-refractivity contribution in [2.45, 2.75) is 46.3 Å². The van der Waals surface area contributed by atoms with Crippen LogP contribution in [-0.4, -0.2) is 37.5 Å². The van der Waals surface area contributed by atoms with Crippen molar-refractivity contribution in [2.24, 2.45) is 0 Å². The third-order valence-electron chi connectivity index (χ3n) is 4.39. The number of carbonyl (C=O) groups is 1. The van der Waals surface area contributed by atoms with Crippen LogP contribution in [-0.2, 0) is 28.1 Å². The maximum absolute atomic E-state index is 12.0. The van der Waals surface area contributed by atoms with Gasteiger partial charge in [0.1, 0.15) is 29.7 Å². The molecule has 0 fully saturated rings. The molecule has 2 aromatic heterocycles. The Morgan fingerprint density at radius 1 is 1.20 bits per heavy atom. The molecule has 0 spiro atoms. The van der Waals surface area contributed by atoms with Gasteiger partial charge in [-0.15, -0.1) is 5.10 Å². The molecule has 2 N–H and O–H groups in total. The monoisotopic (exact) mass is 410 g/mol. The van der Waals surface area contributed by atoms with Gasteiger partial charge in [-0.05, 0) is 30.0 Å². The van der Waals surface area contributed by atoms with Gasteiger partial charge in [-0.3, -0.25) is 0 Å². The smallest absolute Gasteiger partial charge is 0.344 e. The summed E-state index contributed by atoms with van der Waals surface area (Å²) in [6.07, 6.45) is 3.34. The SMILES string of the molecule is Cc1ncc(Cn2cc(COC(=O)COc3ccc(C(C)(C)C)cc3)nn2)c(N)n1. The minimum Gasteiger partial charge on any atom is -0.482 e. The Labute approximate surface area is 175 Å². The van der Waals surface area contributed by atoms with Crippen molar-refractivity contribution in [3.63, 3.8) is 0 Å². The number of anilines is 1. The molecule has 0 radical (unpaired) electrons. The van der Waals surface area contributed by atoms with Crippen molar-refractivity contribution < 1.29 is 14.3 Å². The number of rotatable bonds is 7. The third kappa shape index (κ3) is 5.76. The fraction of sp³-hybridized carbons (Fsp3) is 0.381. The normalized spacial score (nSPS) is 11.3. The standard InChI is InChI=1S/C21H26N6O3/c1-14-23-9-15(20(22)24-14)10-27-11-17(25-26-27)12-30-19(28)13-29-18-7-5-16(6-8-18)21(2,3)4/h5-9,11H,10,12-13H2,1-4H3,(H2,22,23,24). The van der Waals surface area contributed by atoms with E-state index in [9.17, 15) is 4.79 Å². The zero-order valence-corrected chi connectivity index (χ0v) is 17.6. The molecule has 0 aliphatic carbocycles. The number of aryl methyl sites for hydroxylation is 1. The number of nitrogens with two attached hydrogens (primary N) is 1. The van der Waals surface area contributed by atoms with Gasteiger partial charge in [0.2, 0.25) is 0 Å². The van der Waals surface area contributed by atoms with Crippen LogP contribution in [0.1, 0.15) is 43.4 Å². The molecule has 9 heteroatoms. The Balaban J connectivity index is 1.46. The molecule has 0 saturated heterocycles. The van der Waals surface area contributed by atoms with Crippen LogP contribution in [0.15, 0.2) is 36.7 Å². The number of esters is 1. The van der Waals surface area contributed by atoms with E-state index in [2.05, 4.69) is 41.1 Å². The van der Waals surface area contributed by atoms with E-state index in [1.165, 1.54) is 5.56 Å². The van der Waals surface area contributed by atoms with E-state index in [1.54, 1.807) is 24.0 Å². The second kappa shape index (κ2) is 8.89. The molecule has 0 saturated carbocycles. The van der Waals surface area contributed by atoms with Crippen LogP contribution in [0, 0.1) is 6.92 Å². The van der Waals surface area contributed by atoms with Gasteiger partial charge < -0.3 is 15.2 Å². The van der Waals surface area contributed by atoms with Crippen molar-refractivity contribution in [1.29, 1.82) is 0 Å². The lowest BCUT2D eigenvalue weighted by Crippen LogP contribution is -2.15. The lowest BCUT2D eigenvalue weighted by molar-refractivity contribution is -0.147. The molecule has 0 bridgehead atoms. The predicted molar refractivity (Wildman–Crippen MR) is 111 cm³/mol. The number of carbonyl (C=O) groups excluding carboxylic acids is 1. The van der Waals surface area contributed by atoms with Crippen molar-refractivity contribution >= 4 is 11.8 Å². The van der Waals surface area contributed by atoms with Crippen molar-refractivity contribution in [3.05, 3.63) is 59.3 Å². The number of nitrogens with zero attached hydrogens (tertiary/aromatic N) is 5. The Kier molecular flexibility index (Phi) is 6.29. The van der Waals surface area contributed by atoms with Crippen LogP contribution < -0.4 is 10.5 Å². The summed E-state index contributed by atoms with van der Waals surface area (Å²) in [5.41, 5.74) is 8.40. The average molecular weight is 410 g/mol. The molecule has 30 heavy (non-hydrogen) atoms. The van der Waals surface area contributed by atoms with Crippen molar-refractivity contribution in [1.82, 2.24) is 25.0 Å². The Morgan fingerprint density at radius 2 is 1.93 bits per heavy atom. The van der Waals surface area contributed by atoms with Crippen molar-refractivity contribution in [2.75, 3.05) is 12.3 Å². The van der Waals surface area contributed by atoms with Gasteiger partial charge in [0.15, 0.2) is 6.61 Å². The quantitative estimate of drug-likeness (QED) is 0.590. The number of benzene rings is 1. The van der Waals surface area contributed by atoms with E-state index < -0.39 is 5.97 Å². The number of hydrogen-bond donors (Lipinski definition) is 1. The van der Waals surface area contributed by atoms with Gasteiger partial charge >= 0.3 is 5.97 Å². The molecular weight excluding hydrogens is 384 g/mol. The lowest BCUT2D eigenvalue weighted by atomic mass is 9.87. The van der Waals surface area contributed by atoms with Crippen LogP contribution in [0.25, 0.3) is 0 Å². The number of aromatic nitrogens is 5. The molecule has 1 aromatic carbocycles. The summed E-state index contributed by atoms with van der Waals surface area (Å²) in [7, 11) is 0. The summed E-state index contributed by atoms with van der Waals surface area (Å²) in [4.78, 5) is 20.2. The summed E-state index contributed by atoms with van der Waals surface area (Å²) < 4.78 is 12.3. The van der Waals surface area contributed by atoms with Crippen LogP contribution in [0.3, 0.4) is 0 Å². The second-order valence-corrected chi connectivity index (χ2v) is 7.96. The molecule has 0 amide bonds. The first kappa shape index (κ1) is 21.2. The molecule has 0 unspecified atom stereocenters. The van der Waals surface area contributed by atoms with E-state index in [0.29, 0.717) is 29.6 Å². The fourth-order valence-electron chi connectivity index (χ4n) is 2.68. The number of ether oxygens (including phenoxy) is 2. The highest BCUT2D eigenvalue weighted by Crippen LogP contribution is 2.24. The molecule has 3 aromatic rings. The van der Waals surface area contributed by atoms with Gasteiger partial charge in [-0.2, -0.15) is 0 Å². The maximum atomic E-state index is 12.0. The first-order valence-corrected chi connectivity index (χ1v) is 9.56. The van der Waals surface area contributed by atoms with Gasteiger partial charge in [0, 0.05) is 11.8 Å². The largest absolute Gasteiger partial charge is 0.482 e. The summed E-state index contributed by atoms with van der Waals surface area (Å²) >= 11 is 0. The highest BCUT2D eigenvalue weighted by Gasteiger charge is 2.14. The topological polar surface area (TPSA) is 118 Å². The molecular formula is C21H26N6O3. The summed E-state index contributed by atoms with van der Waals surface area (Å²) in [5, 5.41) is 8.00. The molecule has 158 valence electrons. The fourth-order valence-corrected chi connectivity index (χ4v) is 2.68. The number of nitrogen functional groups attached to an aromatic ring is 1. The highest BCUT2D eigenvalue weighted by molar-refractivity contribution is 5.71. The van der Waals surface area contributed by atoms with E-state index >= 15 is 0 Å². The zero-order chi connectivity index (χ0) is 21.7. The Bertz CT molecular complexity index is 1010. The van der Waals surface area contributed by atoms with E-state index in [-0.39, 0.29) is 18.6 Å². The minimum absolute atomic E-state index is 0.00500. The van der Waals surface area contributed by atoms with Crippen LogP contribution in [0.4, 0.5) is 5.82 Å². The first-order chi connectivity index (χ1) is 14.2. The van der Waals surface area contributed by atoms with Gasteiger partial charge in [-0.1, -0.05) is 38.1 Å². The van der Waals surface area contributed by atoms with E-state index in [0.717, 1.165) is 5.56 Å². The molecule has 0 aliphatic rings. The molecule has 0 aliphatic heterocycles. The molecule has 9 nitrogen and oxygen atoms in total. The summed E-state index contributed by atoms with van der Waals surface area (Å²) in [6, 6.07) is 7.68. The predicted octanol–water partition coefficient (Wildman–Crippen LogP) is 2.43. The Hall–Kier alpha value is -3.49.